The Hall–Kier alpha value is -0.510. The van der Waals surface area contributed by atoms with Crippen LogP contribution in [-0.2, 0) is 0 Å². The molecule has 0 aromatic heterocycles. The molecule has 0 bridgehead atoms. The summed E-state index contributed by atoms with van der Waals surface area (Å²) < 4.78 is 1.26. The van der Waals surface area contributed by atoms with Crippen LogP contribution in [0.2, 0.25) is 0 Å². The molecular formula is C10H12IN. The number of para-hydroxylation sites is 1. The van der Waals surface area contributed by atoms with Crippen molar-refractivity contribution >= 4 is 28.3 Å². The molecule has 0 saturated carbocycles. The van der Waals surface area contributed by atoms with Crippen molar-refractivity contribution in [1.29, 1.82) is 0 Å². The number of benzene rings is 1. The summed E-state index contributed by atoms with van der Waals surface area (Å²) in [6, 6.07) is 8.26. The van der Waals surface area contributed by atoms with Gasteiger partial charge >= 0.3 is 0 Å². The fourth-order valence-electron chi connectivity index (χ4n) is 0.913. The predicted molar refractivity (Wildman–Crippen MR) is 62.5 cm³/mol. The van der Waals surface area contributed by atoms with Crippen LogP contribution in [0.15, 0.2) is 36.9 Å². The summed E-state index contributed by atoms with van der Waals surface area (Å²) in [5.41, 5.74) is 1.21. The third kappa shape index (κ3) is 2.85. The molecule has 0 unspecified atom stereocenters. The molecule has 1 rings (SSSR count). The molecule has 1 aromatic rings. The Balaban J connectivity index is 2.51. The van der Waals surface area contributed by atoms with Crippen LogP contribution in [0, 0.1) is 3.57 Å². The topological polar surface area (TPSA) is 12.0 Å². The average molecular weight is 273 g/mol. The molecule has 0 aliphatic carbocycles. The van der Waals surface area contributed by atoms with Gasteiger partial charge in [-0.1, -0.05) is 18.2 Å². The number of halogens is 1. The summed E-state index contributed by atoms with van der Waals surface area (Å²) >= 11 is 2.32. The zero-order valence-corrected chi connectivity index (χ0v) is 9.04. The van der Waals surface area contributed by atoms with Gasteiger partial charge in [-0.15, -0.1) is 6.58 Å². The molecule has 0 heterocycles. The van der Waals surface area contributed by atoms with E-state index >= 15 is 0 Å². The first kappa shape index (κ1) is 9.58. The Labute approximate surface area is 87.0 Å². The zero-order valence-electron chi connectivity index (χ0n) is 6.89. The molecular weight excluding hydrogens is 261 g/mol. The van der Waals surface area contributed by atoms with Crippen molar-refractivity contribution < 1.29 is 0 Å². The van der Waals surface area contributed by atoms with E-state index < -0.39 is 0 Å². The predicted octanol–water partition coefficient (Wildman–Crippen LogP) is 3.28. The van der Waals surface area contributed by atoms with E-state index in [1.165, 1.54) is 9.26 Å². The van der Waals surface area contributed by atoms with Gasteiger partial charge in [0, 0.05) is 15.8 Å². The second-order valence-corrected chi connectivity index (χ2v) is 3.65. The number of rotatable bonds is 4. The molecule has 2 heteroatoms. The Kier molecular flexibility index (Phi) is 4.14. The first-order valence-electron chi connectivity index (χ1n) is 3.94. The van der Waals surface area contributed by atoms with Crippen LogP contribution in [0.5, 0.6) is 0 Å². The van der Waals surface area contributed by atoms with Gasteiger partial charge in [-0.2, -0.15) is 0 Å². The highest BCUT2D eigenvalue weighted by atomic mass is 127. The van der Waals surface area contributed by atoms with E-state index in [1.807, 2.05) is 18.2 Å². The van der Waals surface area contributed by atoms with Crippen LogP contribution < -0.4 is 5.32 Å². The minimum atomic E-state index is 0.962. The Bertz CT molecular complexity index is 258. The highest BCUT2D eigenvalue weighted by Crippen LogP contribution is 2.16. The monoisotopic (exact) mass is 273 g/mol. The van der Waals surface area contributed by atoms with Crippen LogP contribution in [0.1, 0.15) is 6.42 Å². The van der Waals surface area contributed by atoms with Crippen LogP contribution in [0.3, 0.4) is 0 Å². The van der Waals surface area contributed by atoms with Gasteiger partial charge in [0.05, 0.1) is 0 Å². The van der Waals surface area contributed by atoms with E-state index in [0.717, 1.165) is 13.0 Å². The number of nitrogens with one attached hydrogen (secondary N) is 1. The van der Waals surface area contributed by atoms with Gasteiger partial charge in [-0.3, -0.25) is 0 Å². The van der Waals surface area contributed by atoms with E-state index in [4.69, 9.17) is 0 Å². The van der Waals surface area contributed by atoms with Crippen molar-refractivity contribution in [1.82, 2.24) is 0 Å². The molecule has 0 aliphatic heterocycles. The second kappa shape index (κ2) is 5.19. The molecule has 12 heavy (non-hydrogen) atoms. The highest BCUT2D eigenvalue weighted by Gasteiger charge is 1.94. The molecule has 0 radical (unpaired) electrons. The maximum Gasteiger partial charge on any atom is 0.0475 e. The maximum atomic E-state index is 3.67. The summed E-state index contributed by atoms with van der Waals surface area (Å²) in [6.07, 6.45) is 2.92. The Morgan fingerprint density at radius 2 is 2.17 bits per heavy atom. The summed E-state index contributed by atoms with van der Waals surface area (Å²) in [6.45, 7) is 4.63. The van der Waals surface area contributed by atoms with Crippen molar-refractivity contribution in [2.45, 2.75) is 6.42 Å². The molecule has 0 spiro atoms. The van der Waals surface area contributed by atoms with E-state index in [1.54, 1.807) is 0 Å². The Morgan fingerprint density at radius 3 is 2.83 bits per heavy atom. The lowest BCUT2D eigenvalue weighted by molar-refractivity contribution is 1.07. The number of hydrogen-bond acceptors (Lipinski definition) is 1. The second-order valence-electron chi connectivity index (χ2n) is 2.48. The largest absolute Gasteiger partial charge is 0.384 e. The van der Waals surface area contributed by atoms with Gasteiger partial charge in [0.25, 0.3) is 0 Å². The van der Waals surface area contributed by atoms with Crippen molar-refractivity contribution in [2.75, 3.05) is 11.9 Å². The molecule has 1 N–H and O–H groups in total. The first-order chi connectivity index (χ1) is 5.84. The SMILES string of the molecule is C=CCCNc1ccccc1I. The highest BCUT2D eigenvalue weighted by molar-refractivity contribution is 14.1. The van der Waals surface area contributed by atoms with Crippen molar-refractivity contribution in [3.63, 3.8) is 0 Å². The lowest BCUT2D eigenvalue weighted by atomic mass is 10.3. The van der Waals surface area contributed by atoms with Gasteiger partial charge in [0.2, 0.25) is 0 Å². The van der Waals surface area contributed by atoms with E-state index in [0.29, 0.717) is 0 Å². The van der Waals surface area contributed by atoms with Crippen molar-refractivity contribution in [3.05, 3.63) is 40.5 Å². The van der Waals surface area contributed by atoms with Gasteiger partial charge in [0.15, 0.2) is 0 Å². The summed E-state index contributed by atoms with van der Waals surface area (Å²) in [5, 5.41) is 3.34. The lowest BCUT2D eigenvalue weighted by Crippen LogP contribution is -2.01. The molecule has 0 aliphatic rings. The lowest BCUT2D eigenvalue weighted by Gasteiger charge is -2.05. The van der Waals surface area contributed by atoms with Crippen LogP contribution >= 0.6 is 22.6 Å². The van der Waals surface area contributed by atoms with Crippen molar-refractivity contribution in [2.24, 2.45) is 0 Å². The van der Waals surface area contributed by atoms with Gasteiger partial charge in [-0.05, 0) is 41.1 Å². The minimum Gasteiger partial charge on any atom is -0.384 e. The third-order valence-electron chi connectivity index (χ3n) is 1.54. The molecule has 1 nitrogen and oxygen atoms in total. The standard InChI is InChI=1S/C10H12IN/c1-2-3-8-12-10-7-5-4-6-9(10)11/h2,4-7,12H,1,3,8H2. The average Bonchev–Trinajstić information content (AvgIpc) is 2.09. The van der Waals surface area contributed by atoms with Crippen LogP contribution in [-0.4, -0.2) is 6.54 Å². The summed E-state index contributed by atoms with van der Waals surface area (Å²) in [5.74, 6) is 0. The quantitative estimate of drug-likeness (QED) is 0.504. The smallest absolute Gasteiger partial charge is 0.0475 e. The third-order valence-corrected chi connectivity index (χ3v) is 2.48. The van der Waals surface area contributed by atoms with Crippen molar-refractivity contribution in [3.8, 4) is 0 Å². The van der Waals surface area contributed by atoms with Crippen LogP contribution in [0.4, 0.5) is 5.69 Å². The van der Waals surface area contributed by atoms with Crippen LogP contribution in [0.25, 0.3) is 0 Å². The zero-order chi connectivity index (χ0) is 8.81. The molecule has 0 atom stereocenters. The Morgan fingerprint density at radius 1 is 1.42 bits per heavy atom. The van der Waals surface area contributed by atoms with Gasteiger partial charge in [0.1, 0.15) is 0 Å². The number of anilines is 1. The fourth-order valence-corrected chi connectivity index (χ4v) is 1.49. The van der Waals surface area contributed by atoms with E-state index in [2.05, 4.69) is 46.6 Å². The first-order valence-corrected chi connectivity index (χ1v) is 5.02. The van der Waals surface area contributed by atoms with Gasteiger partial charge in [-0.25, -0.2) is 0 Å². The van der Waals surface area contributed by atoms with E-state index in [-0.39, 0.29) is 0 Å². The molecule has 64 valence electrons. The normalized spacial score (nSPS) is 9.42. The summed E-state index contributed by atoms with van der Waals surface area (Å²) in [4.78, 5) is 0. The maximum absolute atomic E-state index is 3.67. The van der Waals surface area contributed by atoms with E-state index in [9.17, 15) is 0 Å². The fraction of sp³-hybridized carbons (Fsp3) is 0.200. The molecule has 0 amide bonds. The molecule has 0 fully saturated rings. The van der Waals surface area contributed by atoms with Gasteiger partial charge < -0.3 is 5.32 Å². The summed E-state index contributed by atoms with van der Waals surface area (Å²) in [7, 11) is 0. The number of hydrogen-bond donors (Lipinski definition) is 1. The molecule has 0 saturated heterocycles. The minimum absolute atomic E-state index is 0.962. The molecule has 1 aromatic carbocycles.